The summed E-state index contributed by atoms with van der Waals surface area (Å²) in [6, 6.07) is 1.90. The molecule has 0 bridgehead atoms. The van der Waals surface area contributed by atoms with Crippen LogP contribution in [-0.2, 0) is 16.1 Å². The molecule has 94 valence electrons. The Kier molecular flexibility index (Phi) is 6.03. The Labute approximate surface area is 101 Å². The summed E-state index contributed by atoms with van der Waals surface area (Å²) in [4.78, 5) is 11.3. The van der Waals surface area contributed by atoms with Gasteiger partial charge in [-0.1, -0.05) is 13.0 Å². The van der Waals surface area contributed by atoms with Crippen molar-refractivity contribution in [3.8, 4) is 0 Å². The number of hydrogen-bond acceptors (Lipinski definition) is 4. The summed E-state index contributed by atoms with van der Waals surface area (Å²) in [6.45, 7) is 4.24. The van der Waals surface area contributed by atoms with Gasteiger partial charge in [0.15, 0.2) is 0 Å². The lowest BCUT2D eigenvalue weighted by atomic mass is 10.2. The van der Waals surface area contributed by atoms with Gasteiger partial charge in [0.2, 0.25) is 0 Å². The summed E-state index contributed by atoms with van der Waals surface area (Å²) >= 11 is 0. The number of methoxy groups -OCH3 is 1. The second kappa shape index (κ2) is 7.62. The summed E-state index contributed by atoms with van der Waals surface area (Å²) in [5, 5.41) is 7.32. The van der Waals surface area contributed by atoms with Crippen LogP contribution in [0.4, 0.5) is 0 Å². The van der Waals surface area contributed by atoms with Crippen molar-refractivity contribution in [2.45, 2.75) is 19.9 Å². The van der Waals surface area contributed by atoms with E-state index in [1.807, 2.05) is 29.9 Å². The molecule has 1 heterocycles. The summed E-state index contributed by atoms with van der Waals surface area (Å²) in [5.74, 6) is -0.249. The van der Waals surface area contributed by atoms with E-state index in [4.69, 9.17) is 0 Å². The molecule has 0 aliphatic rings. The van der Waals surface area contributed by atoms with E-state index in [-0.39, 0.29) is 5.97 Å². The highest BCUT2D eigenvalue weighted by molar-refractivity contribution is 5.88. The Bertz CT molecular complexity index is 358. The first-order valence-corrected chi connectivity index (χ1v) is 5.73. The van der Waals surface area contributed by atoms with Crippen molar-refractivity contribution in [2.24, 2.45) is 0 Å². The first-order valence-electron chi connectivity index (χ1n) is 5.73. The molecule has 1 aromatic heterocycles. The smallest absolute Gasteiger partial charge is 0.333 e. The zero-order valence-corrected chi connectivity index (χ0v) is 10.3. The number of carbonyl (C=O) groups excluding carboxylic acids is 1. The normalized spacial score (nSPS) is 11.5. The molecular weight excluding hydrogens is 218 g/mol. The maximum absolute atomic E-state index is 11.3. The van der Waals surface area contributed by atoms with E-state index in [9.17, 15) is 4.79 Å². The molecule has 0 unspecified atom stereocenters. The maximum atomic E-state index is 11.3. The van der Waals surface area contributed by atoms with E-state index >= 15 is 0 Å². The van der Waals surface area contributed by atoms with Crippen molar-refractivity contribution >= 4 is 5.97 Å². The molecule has 1 N–H and O–H groups in total. The molecule has 0 aromatic carbocycles. The first-order chi connectivity index (χ1) is 8.27. The van der Waals surface area contributed by atoms with Gasteiger partial charge in [-0.15, -0.1) is 0 Å². The fourth-order valence-electron chi connectivity index (χ4n) is 1.43. The van der Waals surface area contributed by atoms with Gasteiger partial charge in [-0.05, 0) is 12.5 Å². The van der Waals surface area contributed by atoms with Crippen LogP contribution in [0.25, 0.3) is 0 Å². The molecule has 0 fully saturated rings. The third-order valence-electron chi connectivity index (χ3n) is 2.40. The van der Waals surface area contributed by atoms with Crippen molar-refractivity contribution in [2.75, 3.05) is 20.2 Å². The molecule has 0 aliphatic carbocycles. The van der Waals surface area contributed by atoms with Crippen LogP contribution in [0.3, 0.4) is 0 Å². The van der Waals surface area contributed by atoms with E-state index in [2.05, 4.69) is 15.2 Å². The summed E-state index contributed by atoms with van der Waals surface area (Å²) in [7, 11) is 1.40. The van der Waals surface area contributed by atoms with E-state index in [1.165, 1.54) is 7.11 Å². The second-order valence-electron chi connectivity index (χ2n) is 3.55. The fraction of sp³-hybridized carbons (Fsp3) is 0.500. The number of hydrogen-bond donors (Lipinski definition) is 1. The third-order valence-corrected chi connectivity index (χ3v) is 2.40. The Balaban J connectivity index is 2.21. The van der Waals surface area contributed by atoms with Gasteiger partial charge in [0.05, 0.1) is 13.7 Å². The van der Waals surface area contributed by atoms with Crippen LogP contribution in [0.2, 0.25) is 0 Å². The fourth-order valence-corrected chi connectivity index (χ4v) is 1.43. The quantitative estimate of drug-likeness (QED) is 0.436. The van der Waals surface area contributed by atoms with Gasteiger partial charge in [0.1, 0.15) is 0 Å². The maximum Gasteiger partial charge on any atom is 0.333 e. The minimum Gasteiger partial charge on any atom is -0.466 e. The molecule has 0 radical (unpaired) electrons. The molecule has 17 heavy (non-hydrogen) atoms. The summed E-state index contributed by atoms with van der Waals surface area (Å²) in [6.07, 6.45) is 6.23. The zero-order chi connectivity index (χ0) is 12.5. The van der Waals surface area contributed by atoms with Crippen LogP contribution in [-0.4, -0.2) is 35.9 Å². The van der Waals surface area contributed by atoms with Gasteiger partial charge in [-0.3, -0.25) is 4.68 Å². The molecular formula is C12H19N3O2. The Morgan fingerprint density at radius 3 is 3.00 bits per heavy atom. The minimum absolute atomic E-state index is 0.249. The molecule has 0 spiro atoms. The summed E-state index contributed by atoms with van der Waals surface area (Å²) < 4.78 is 6.53. The molecule has 5 nitrogen and oxygen atoms in total. The van der Waals surface area contributed by atoms with Crippen molar-refractivity contribution in [3.63, 3.8) is 0 Å². The number of esters is 1. The monoisotopic (exact) mass is 237 g/mol. The number of ether oxygens (including phenoxy) is 1. The van der Waals surface area contributed by atoms with Crippen LogP contribution in [0.1, 0.15) is 13.3 Å². The predicted molar refractivity (Wildman–Crippen MR) is 65.5 cm³/mol. The highest BCUT2D eigenvalue weighted by Crippen LogP contribution is 2.01. The topological polar surface area (TPSA) is 56.2 Å². The Hall–Kier alpha value is -1.62. The number of nitrogens with zero attached hydrogens (tertiary/aromatic N) is 2. The number of rotatable bonds is 7. The van der Waals surface area contributed by atoms with Crippen molar-refractivity contribution in [3.05, 3.63) is 30.1 Å². The van der Waals surface area contributed by atoms with Crippen LogP contribution in [0.5, 0.6) is 0 Å². The lowest BCUT2D eigenvalue weighted by molar-refractivity contribution is -0.136. The predicted octanol–water partition coefficient (Wildman–Crippen LogP) is 0.982. The zero-order valence-electron chi connectivity index (χ0n) is 10.3. The van der Waals surface area contributed by atoms with Crippen molar-refractivity contribution < 1.29 is 9.53 Å². The average molecular weight is 237 g/mol. The van der Waals surface area contributed by atoms with Crippen LogP contribution < -0.4 is 5.32 Å². The van der Waals surface area contributed by atoms with Crippen LogP contribution in [0, 0.1) is 0 Å². The van der Waals surface area contributed by atoms with Gasteiger partial charge in [0.25, 0.3) is 0 Å². The summed E-state index contributed by atoms with van der Waals surface area (Å²) in [5.41, 5.74) is 0.707. The SMILES string of the molecule is CC/C(=C/CNCCn1cccn1)C(=O)OC. The molecule has 0 aliphatic heterocycles. The highest BCUT2D eigenvalue weighted by atomic mass is 16.5. The standard InChI is InChI=1S/C12H19N3O2/c1-3-11(12(16)17-2)5-7-13-8-10-15-9-4-6-14-15/h4-6,9,13H,3,7-8,10H2,1-2H3/b11-5-. The second-order valence-corrected chi connectivity index (χ2v) is 3.55. The minimum atomic E-state index is -0.249. The van der Waals surface area contributed by atoms with E-state index in [1.54, 1.807) is 6.20 Å². The lowest BCUT2D eigenvalue weighted by Crippen LogP contribution is -2.21. The molecule has 0 saturated carbocycles. The van der Waals surface area contributed by atoms with Crippen LogP contribution in [0.15, 0.2) is 30.1 Å². The van der Waals surface area contributed by atoms with Gasteiger partial charge in [0, 0.05) is 31.1 Å². The van der Waals surface area contributed by atoms with Gasteiger partial charge >= 0.3 is 5.97 Å². The molecule has 0 saturated heterocycles. The molecule has 0 atom stereocenters. The number of carbonyl (C=O) groups is 1. The van der Waals surface area contributed by atoms with Gasteiger partial charge in [-0.25, -0.2) is 4.79 Å². The number of nitrogens with one attached hydrogen (secondary N) is 1. The highest BCUT2D eigenvalue weighted by Gasteiger charge is 2.05. The molecule has 0 amide bonds. The van der Waals surface area contributed by atoms with E-state index < -0.39 is 0 Å². The van der Waals surface area contributed by atoms with E-state index in [0.29, 0.717) is 18.5 Å². The average Bonchev–Trinajstić information content (AvgIpc) is 2.86. The lowest BCUT2D eigenvalue weighted by Gasteiger charge is -2.04. The van der Waals surface area contributed by atoms with Crippen molar-refractivity contribution in [1.82, 2.24) is 15.1 Å². The Morgan fingerprint density at radius 1 is 1.59 bits per heavy atom. The Morgan fingerprint density at radius 2 is 2.41 bits per heavy atom. The molecule has 1 aromatic rings. The largest absolute Gasteiger partial charge is 0.466 e. The van der Waals surface area contributed by atoms with E-state index in [0.717, 1.165) is 13.1 Å². The van der Waals surface area contributed by atoms with Gasteiger partial charge in [-0.2, -0.15) is 5.10 Å². The molecule has 1 rings (SSSR count). The van der Waals surface area contributed by atoms with Gasteiger partial charge < -0.3 is 10.1 Å². The van der Waals surface area contributed by atoms with Crippen molar-refractivity contribution in [1.29, 1.82) is 0 Å². The number of aromatic nitrogens is 2. The molecule has 5 heteroatoms. The third kappa shape index (κ3) is 4.82. The van der Waals surface area contributed by atoms with Crippen LogP contribution >= 0.6 is 0 Å². The first kappa shape index (κ1) is 13.4.